The SMILES string of the molecule is O=C1OC[C@H](Cc2ccccc2)N1/N=C/c1ccccc1. The molecule has 3 rings (SSSR count). The fourth-order valence-electron chi connectivity index (χ4n) is 2.29. The first-order chi connectivity index (χ1) is 10.3. The van der Waals surface area contributed by atoms with E-state index < -0.39 is 0 Å². The van der Waals surface area contributed by atoms with E-state index in [-0.39, 0.29) is 12.1 Å². The summed E-state index contributed by atoms with van der Waals surface area (Å²) in [5, 5.41) is 5.72. The molecule has 0 bridgehead atoms. The van der Waals surface area contributed by atoms with Crippen molar-refractivity contribution in [3.63, 3.8) is 0 Å². The van der Waals surface area contributed by atoms with Gasteiger partial charge in [-0.25, -0.2) is 4.79 Å². The topological polar surface area (TPSA) is 41.9 Å². The highest BCUT2D eigenvalue weighted by molar-refractivity contribution is 5.81. The number of carbonyl (C=O) groups is 1. The molecule has 0 N–H and O–H groups in total. The van der Waals surface area contributed by atoms with Gasteiger partial charge in [-0.1, -0.05) is 60.7 Å². The normalized spacial score (nSPS) is 18.2. The zero-order chi connectivity index (χ0) is 14.5. The molecule has 2 aromatic carbocycles. The number of ether oxygens (including phenoxy) is 1. The van der Waals surface area contributed by atoms with E-state index in [4.69, 9.17) is 4.74 Å². The highest BCUT2D eigenvalue weighted by atomic mass is 16.6. The van der Waals surface area contributed by atoms with Crippen LogP contribution in [0, 0.1) is 0 Å². The number of amides is 1. The molecule has 0 saturated carbocycles. The molecule has 0 spiro atoms. The Bertz CT molecular complexity index is 626. The molecule has 4 nitrogen and oxygen atoms in total. The van der Waals surface area contributed by atoms with Crippen LogP contribution in [0.5, 0.6) is 0 Å². The first-order valence-electron chi connectivity index (χ1n) is 6.92. The summed E-state index contributed by atoms with van der Waals surface area (Å²) in [7, 11) is 0. The van der Waals surface area contributed by atoms with Gasteiger partial charge in [0.1, 0.15) is 6.61 Å². The molecule has 0 aromatic heterocycles. The van der Waals surface area contributed by atoms with E-state index in [1.807, 2.05) is 60.7 Å². The van der Waals surface area contributed by atoms with Crippen LogP contribution >= 0.6 is 0 Å². The number of rotatable bonds is 4. The second kappa shape index (κ2) is 6.22. The monoisotopic (exact) mass is 280 g/mol. The zero-order valence-corrected chi connectivity index (χ0v) is 11.6. The minimum Gasteiger partial charge on any atom is -0.446 e. The molecule has 1 fully saturated rings. The fourth-order valence-corrected chi connectivity index (χ4v) is 2.29. The van der Waals surface area contributed by atoms with E-state index in [0.717, 1.165) is 12.0 Å². The van der Waals surface area contributed by atoms with Gasteiger partial charge in [-0.15, -0.1) is 0 Å². The first kappa shape index (κ1) is 13.4. The van der Waals surface area contributed by atoms with Crippen molar-refractivity contribution in [3.8, 4) is 0 Å². The molecular formula is C17H16N2O2. The lowest BCUT2D eigenvalue weighted by Gasteiger charge is -2.15. The third-order valence-electron chi connectivity index (χ3n) is 3.38. The summed E-state index contributed by atoms with van der Waals surface area (Å²) in [6.07, 6.45) is 2.03. The lowest BCUT2D eigenvalue weighted by Crippen LogP contribution is -2.30. The standard InChI is InChI=1S/C17H16N2O2/c20-17-19(18-12-15-9-5-2-6-10-15)16(13-21-17)11-14-7-3-1-4-8-14/h1-10,12,16H,11,13H2/b18-12+/t16-/m0/s1. The fraction of sp³-hybridized carbons (Fsp3) is 0.176. The van der Waals surface area contributed by atoms with Crippen molar-refractivity contribution in [1.29, 1.82) is 0 Å². The van der Waals surface area contributed by atoms with Gasteiger partial charge in [-0.05, 0) is 17.5 Å². The third-order valence-corrected chi connectivity index (χ3v) is 3.38. The van der Waals surface area contributed by atoms with Crippen LogP contribution in [0.4, 0.5) is 4.79 Å². The Labute approximate surface area is 123 Å². The summed E-state index contributed by atoms with van der Waals surface area (Å²) in [6.45, 7) is 0.375. The van der Waals surface area contributed by atoms with Gasteiger partial charge in [0, 0.05) is 0 Å². The average molecular weight is 280 g/mol. The Kier molecular flexibility index (Phi) is 3.96. The second-order valence-corrected chi connectivity index (χ2v) is 4.92. The lowest BCUT2D eigenvalue weighted by atomic mass is 10.1. The average Bonchev–Trinajstić information content (AvgIpc) is 2.87. The Morgan fingerprint density at radius 2 is 1.76 bits per heavy atom. The van der Waals surface area contributed by atoms with Crippen LogP contribution in [-0.4, -0.2) is 30.0 Å². The van der Waals surface area contributed by atoms with Crippen molar-refractivity contribution in [2.45, 2.75) is 12.5 Å². The molecule has 0 radical (unpaired) electrons. The van der Waals surface area contributed by atoms with Crippen LogP contribution in [0.2, 0.25) is 0 Å². The number of hydrogen-bond acceptors (Lipinski definition) is 3. The van der Waals surface area contributed by atoms with Crippen molar-refractivity contribution >= 4 is 12.3 Å². The number of hydrogen-bond donors (Lipinski definition) is 0. The molecule has 106 valence electrons. The summed E-state index contributed by atoms with van der Waals surface area (Å²) >= 11 is 0. The molecule has 4 heteroatoms. The van der Waals surface area contributed by atoms with Crippen LogP contribution in [0.15, 0.2) is 65.8 Å². The van der Waals surface area contributed by atoms with E-state index in [2.05, 4.69) is 5.10 Å². The van der Waals surface area contributed by atoms with Gasteiger partial charge in [0.2, 0.25) is 0 Å². The van der Waals surface area contributed by atoms with Gasteiger partial charge in [-0.3, -0.25) is 0 Å². The maximum absolute atomic E-state index is 11.8. The van der Waals surface area contributed by atoms with Crippen molar-refractivity contribution in [2.75, 3.05) is 6.61 Å². The maximum atomic E-state index is 11.8. The highest BCUT2D eigenvalue weighted by Gasteiger charge is 2.32. The molecular weight excluding hydrogens is 264 g/mol. The minimum atomic E-state index is -0.386. The van der Waals surface area contributed by atoms with Gasteiger partial charge < -0.3 is 4.74 Å². The molecule has 1 atom stereocenters. The van der Waals surface area contributed by atoms with Gasteiger partial charge >= 0.3 is 6.09 Å². The molecule has 1 saturated heterocycles. The summed E-state index contributed by atoms with van der Waals surface area (Å²) in [5.41, 5.74) is 2.12. The van der Waals surface area contributed by atoms with Crippen LogP contribution in [0.3, 0.4) is 0 Å². The van der Waals surface area contributed by atoms with E-state index in [1.54, 1.807) is 6.21 Å². The number of nitrogens with zero attached hydrogens (tertiary/aromatic N) is 2. The zero-order valence-electron chi connectivity index (χ0n) is 11.6. The number of cyclic esters (lactones) is 1. The van der Waals surface area contributed by atoms with E-state index in [1.165, 1.54) is 10.6 Å². The Morgan fingerprint density at radius 3 is 2.48 bits per heavy atom. The molecule has 0 unspecified atom stereocenters. The molecule has 21 heavy (non-hydrogen) atoms. The summed E-state index contributed by atoms with van der Waals surface area (Å²) in [5.74, 6) is 0. The van der Waals surface area contributed by atoms with E-state index in [0.29, 0.717) is 6.61 Å². The smallest absolute Gasteiger partial charge is 0.430 e. The van der Waals surface area contributed by atoms with Gasteiger partial charge in [-0.2, -0.15) is 10.1 Å². The largest absolute Gasteiger partial charge is 0.446 e. The van der Waals surface area contributed by atoms with E-state index in [9.17, 15) is 4.79 Å². The summed E-state index contributed by atoms with van der Waals surface area (Å²) in [6, 6.07) is 19.7. The lowest BCUT2D eigenvalue weighted by molar-refractivity contribution is 0.159. The molecule has 2 aromatic rings. The minimum absolute atomic E-state index is 0.0557. The van der Waals surface area contributed by atoms with Crippen LogP contribution in [0.1, 0.15) is 11.1 Å². The Morgan fingerprint density at radius 1 is 1.10 bits per heavy atom. The van der Waals surface area contributed by atoms with Crippen molar-refractivity contribution in [1.82, 2.24) is 5.01 Å². The predicted molar refractivity (Wildman–Crippen MR) is 81.2 cm³/mol. The van der Waals surface area contributed by atoms with Crippen molar-refractivity contribution in [3.05, 3.63) is 71.8 Å². The predicted octanol–water partition coefficient (Wildman–Crippen LogP) is 3.08. The van der Waals surface area contributed by atoms with Crippen LogP contribution in [0.25, 0.3) is 0 Å². The highest BCUT2D eigenvalue weighted by Crippen LogP contribution is 2.17. The van der Waals surface area contributed by atoms with Gasteiger partial charge in [0.15, 0.2) is 0 Å². The van der Waals surface area contributed by atoms with Crippen molar-refractivity contribution < 1.29 is 9.53 Å². The summed E-state index contributed by atoms with van der Waals surface area (Å²) in [4.78, 5) is 11.8. The molecule has 0 aliphatic carbocycles. The molecule has 1 aliphatic rings. The first-order valence-corrected chi connectivity index (χ1v) is 6.92. The third kappa shape index (κ3) is 3.28. The van der Waals surface area contributed by atoms with Crippen LogP contribution < -0.4 is 0 Å². The van der Waals surface area contributed by atoms with Gasteiger partial charge in [0.25, 0.3) is 0 Å². The number of hydrazone groups is 1. The van der Waals surface area contributed by atoms with Crippen molar-refractivity contribution in [2.24, 2.45) is 5.10 Å². The quantitative estimate of drug-likeness (QED) is 0.808. The van der Waals surface area contributed by atoms with E-state index >= 15 is 0 Å². The Hall–Kier alpha value is -2.62. The van der Waals surface area contributed by atoms with Gasteiger partial charge in [0.05, 0.1) is 12.3 Å². The number of carbonyl (C=O) groups excluding carboxylic acids is 1. The second-order valence-electron chi connectivity index (χ2n) is 4.92. The molecule has 1 amide bonds. The maximum Gasteiger partial charge on any atom is 0.430 e. The molecule has 1 aliphatic heterocycles. The molecule has 1 heterocycles. The summed E-state index contributed by atoms with van der Waals surface area (Å²) < 4.78 is 5.11. The van der Waals surface area contributed by atoms with Crippen LogP contribution in [-0.2, 0) is 11.2 Å². The Balaban J connectivity index is 1.72. The number of benzene rings is 2.